The van der Waals surface area contributed by atoms with E-state index in [0.29, 0.717) is 12.1 Å². The summed E-state index contributed by atoms with van der Waals surface area (Å²) >= 11 is 0. The van der Waals surface area contributed by atoms with Crippen LogP contribution < -0.4 is 10.9 Å². The third kappa shape index (κ3) is 4.01. The van der Waals surface area contributed by atoms with Crippen LogP contribution in [-0.4, -0.2) is 5.91 Å². The average Bonchev–Trinajstić information content (AvgIpc) is 2.41. The van der Waals surface area contributed by atoms with E-state index < -0.39 is 11.0 Å². The zero-order valence-corrected chi connectivity index (χ0v) is 14.7. The maximum Gasteiger partial charge on any atom is 0.336 e. The molecule has 4 heteroatoms. The van der Waals surface area contributed by atoms with Gasteiger partial charge in [0, 0.05) is 23.4 Å². The van der Waals surface area contributed by atoms with Crippen molar-refractivity contribution in [1.29, 1.82) is 0 Å². The van der Waals surface area contributed by atoms with E-state index in [1.165, 1.54) is 6.07 Å². The zero-order chi connectivity index (χ0) is 17.4. The first kappa shape index (κ1) is 17.3. The summed E-state index contributed by atoms with van der Waals surface area (Å²) in [5, 5.41) is 3.76. The Morgan fingerprint density at radius 3 is 2.30 bits per heavy atom. The van der Waals surface area contributed by atoms with Crippen molar-refractivity contribution >= 4 is 16.9 Å². The summed E-state index contributed by atoms with van der Waals surface area (Å²) in [5.74, 6) is -0.0501. The molecular weight excluding hydrogens is 290 g/mol. The number of carbonyl (C=O) groups excluding carboxylic acids is 1. The van der Waals surface area contributed by atoms with Crippen molar-refractivity contribution in [2.75, 3.05) is 0 Å². The first-order chi connectivity index (χ1) is 10.5. The molecule has 0 unspecified atom stereocenters. The fourth-order valence-corrected chi connectivity index (χ4v) is 2.28. The molecule has 0 saturated heterocycles. The summed E-state index contributed by atoms with van der Waals surface area (Å²) in [7, 11) is 0. The molecule has 0 bridgehead atoms. The first-order valence-electron chi connectivity index (χ1n) is 7.84. The minimum atomic E-state index is -0.466. The van der Waals surface area contributed by atoms with Gasteiger partial charge in [0.2, 0.25) is 5.91 Å². The molecule has 1 N–H and O–H groups in total. The summed E-state index contributed by atoms with van der Waals surface area (Å²) in [6.45, 7) is 12.3. The van der Waals surface area contributed by atoms with E-state index in [1.807, 2.05) is 39.0 Å². The van der Waals surface area contributed by atoms with Crippen LogP contribution in [0.25, 0.3) is 11.0 Å². The Morgan fingerprint density at radius 2 is 1.74 bits per heavy atom. The highest BCUT2D eigenvalue weighted by Crippen LogP contribution is 2.27. The summed E-state index contributed by atoms with van der Waals surface area (Å²) < 4.78 is 5.28. The fraction of sp³-hybridized carbons (Fsp3) is 0.474. The Hall–Kier alpha value is -2.10. The SMILES string of the molecule is CC(C)(C)C(=O)NCc1cc(=O)oc2ccc(C(C)(C)C)cc12. The normalized spacial score (nSPS) is 12.4. The third-order valence-electron chi connectivity index (χ3n) is 3.81. The van der Waals surface area contributed by atoms with E-state index in [9.17, 15) is 9.59 Å². The van der Waals surface area contributed by atoms with Gasteiger partial charge in [-0.05, 0) is 28.7 Å². The van der Waals surface area contributed by atoms with Crippen LogP contribution in [0.15, 0.2) is 33.5 Å². The van der Waals surface area contributed by atoms with Gasteiger partial charge in [-0.2, -0.15) is 0 Å². The molecule has 0 aliphatic carbocycles. The Kier molecular flexibility index (Phi) is 4.38. The standard InChI is InChI=1S/C19H25NO3/c1-18(2,3)13-7-8-15-14(10-13)12(9-16(21)23-15)11-20-17(22)19(4,5)6/h7-10H,11H2,1-6H3,(H,20,22). The van der Waals surface area contributed by atoms with Crippen LogP contribution >= 0.6 is 0 Å². The van der Waals surface area contributed by atoms with E-state index in [1.54, 1.807) is 0 Å². The van der Waals surface area contributed by atoms with Crippen molar-refractivity contribution in [2.45, 2.75) is 53.5 Å². The van der Waals surface area contributed by atoms with Crippen molar-refractivity contribution in [1.82, 2.24) is 5.32 Å². The van der Waals surface area contributed by atoms with Gasteiger partial charge in [0.15, 0.2) is 0 Å². The second kappa shape index (κ2) is 5.84. The lowest BCUT2D eigenvalue weighted by atomic mass is 9.86. The van der Waals surface area contributed by atoms with Crippen LogP contribution in [0.3, 0.4) is 0 Å². The number of hydrogen-bond acceptors (Lipinski definition) is 3. The van der Waals surface area contributed by atoms with Crippen LogP contribution in [-0.2, 0) is 16.8 Å². The van der Waals surface area contributed by atoms with E-state index in [2.05, 4.69) is 26.1 Å². The Labute approximate surface area is 136 Å². The Balaban J connectivity index is 2.45. The van der Waals surface area contributed by atoms with Crippen LogP contribution in [0.4, 0.5) is 0 Å². The van der Waals surface area contributed by atoms with Gasteiger partial charge in [0.25, 0.3) is 0 Å². The van der Waals surface area contributed by atoms with Crippen molar-refractivity contribution in [3.63, 3.8) is 0 Å². The molecule has 0 radical (unpaired) electrons. The van der Waals surface area contributed by atoms with Crippen LogP contribution in [0.2, 0.25) is 0 Å². The second-order valence-electron chi connectivity index (χ2n) is 7.98. The van der Waals surface area contributed by atoms with Crippen LogP contribution in [0.5, 0.6) is 0 Å². The van der Waals surface area contributed by atoms with Crippen LogP contribution in [0.1, 0.15) is 52.7 Å². The van der Waals surface area contributed by atoms with Crippen molar-refractivity contribution < 1.29 is 9.21 Å². The highest BCUT2D eigenvalue weighted by molar-refractivity contribution is 5.84. The molecule has 23 heavy (non-hydrogen) atoms. The van der Waals surface area contributed by atoms with Gasteiger partial charge in [-0.25, -0.2) is 4.79 Å². The number of nitrogens with one attached hydrogen (secondary N) is 1. The van der Waals surface area contributed by atoms with E-state index >= 15 is 0 Å². The summed E-state index contributed by atoms with van der Waals surface area (Å²) in [5.41, 5.74) is 1.61. The molecule has 1 heterocycles. The molecule has 0 saturated carbocycles. The molecular formula is C19H25NO3. The Morgan fingerprint density at radius 1 is 1.09 bits per heavy atom. The van der Waals surface area contributed by atoms with Gasteiger partial charge in [0.1, 0.15) is 5.58 Å². The van der Waals surface area contributed by atoms with Crippen molar-refractivity contribution in [3.05, 3.63) is 45.8 Å². The van der Waals surface area contributed by atoms with Gasteiger partial charge >= 0.3 is 5.63 Å². The van der Waals surface area contributed by atoms with E-state index in [0.717, 1.165) is 16.5 Å². The first-order valence-corrected chi connectivity index (χ1v) is 7.84. The predicted molar refractivity (Wildman–Crippen MR) is 92.5 cm³/mol. The number of fused-ring (bicyclic) bond motifs is 1. The highest BCUT2D eigenvalue weighted by atomic mass is 16.4. The van der Waals surface area contributed by atoms with Gasteiger partial charge < -0.3 is 9.73 Å². The lowest BCUT2D eigenvalue weighted by Crippen LogP contribution is -2.34. The molecule has 0 atom stereocenters. The van der Waals surface area contributed by atoms with Gasteiger partial charge in [-0.1, -0.05) is 47.6 Å². The lowest BCUT2D eigenvalue weighted by Gasteiger charge is -2.20. The lowest BCUT2D eigenvalue weighted by molar-refractivity contribution is -0.128. The molecule has 0 fully saturated rings. The third-order valence-corrected chi connectivity index (χ3v) is 3.81. The van der Waals surface area contributed by atoms with E-state index in [-0.39, 0.29) is 11.3 Å². The molecule has 0 aliphatic heterocycles. The summed E-state index contributed by atoms with van der Waals surface area (Å²) in [4.78, 5) is 23.8. The monoisotopic (exact) mass is 315 g/mol. The topological polar surface area (TPSA) is 59.3 Å². The van der Waals surface area contributed by atoms with Gasteiger partial charge in [-0.15, -0.1) is 0 Å². The number of benzene rings is 1. The molecule has 0 spiro atoms. The number of hydrogen-bond donors (Lipinski definition) is 1. The van der Waals surface area contributed by atoms with Crippen molar-refractivity contribution in [3.8, 4) is 0 Å². The summed E-state index contributed by atoms with van der Waals surface area (Å²) in [6.07, 6.45) is 0. The highest BCUT2D eigenvalue weighted by Gasteiger charge is 2.21. The predicted octanol–water partition coefficient (Wildman–Crippen LogP) is 3.75. The summed E-state index contributed by atoms with van der Waals surface area (Å²) in [6, 6.07) is 7.30. The second-order valence-corrected chi connectivity index (χ2v) is 7.98. The average molecular weight is 315 g/mol. The molecule has 1 aromatic heterocycles. The quantitative estimate of drug-likeness (QED) is 0.859. The zero-order valence-electron chi connectivity index (χ0n) is 14.7. The maximum atomic E-state index is 12.1. The molecule has 0 aliphatic rings. The molecule has 2 rings (SSSR count). The van der Waals surface area contributed by atoms with Gasteiger partial charge in [-0.3, -0.25) is 4.79 Å². The largest absolute Gasteiger partial charge is 0.423 e. The van der Waals surface area contributed by atoms with Crippen LogP contribution in [0, 0.1) is 5.41 Å². The fourth-order valence-electron chi connectivity index (χ4n) is 2.28. The minimum absolute atomic E-state index is 0.00372. The van der Waals surface area contributed by atoms with Crippen molar-refractivity contribution in [2.24, 2.45) is 5.41 Å². The number of rotatable bonds is 2. The minimum Gasteiger partial charge on any atom is -0.423 e. The smallest absolute Gasteiger partial charge is 0.336 e. The maximum absolute atomic E-state index is 12.1. The molecule has 124 valence electrons. The molecule has 1 aromatic carbocycles. The molecule has 1 amide bonds. The molecule has 4 nitrogen and oxygen atoms in total. The van der Waals surface area contributed by atoms with Gasteiger partial charge in [0.05, 0.1) is 0 Å². The van der Waals surface area contributed by atoms with E-state index in [4.69, 9.17) is 4.42 Å². The Bertz CT molecular complexity index is 789. The number of carbonyl (C=O) groups is 1. The number of amides is 1. The molecule has 2 aromatic rings.